The fourth-order valence-corrected chi connectivity index (χ4v) is 1.13. The van der Waals surface area contributed by atoms with Gasteiger partial charge in [-0.25, -0.2) is 4.98 Å². The zero-order chi connectivity index (χ0) is 6.81. The van der Waals surface area contributed by atoms with E-state index in [1.165, 1.54) is 19.3 Å². The molecule has 0 amide bonds. The molecule has 0 aromatic carbocycles. The van der Waals surface area contributed by atoms with Gasteiger partial charge in [-0.2, -0.15) is 0 Å². The number of imidazole rings is 1. The first-order valence-electron chi connectivity index (χ1n) is 3.85. The number of aromatic amines is 1. The van der Waals surface area contributed by atoms with Crippen molar-refractivity contribution in [3.63, 3.8) is 0 Å². The molecule has 1 aliphatic rings. The zero-order valence-electron chi connectivity index (χ0n) is 5.93. The van der Waals surface area contributed by atoms with Crippen molar-refractivity contribution in [3.8, 4) is 0 Å². The van der Waals surface area contributed by atoms with E-state index >= 15 is 0 Å². The van der Waals surface area contributed by atoms with Gasteiger partial charge in [0.05, 0.1) is 0 Å². The van der Waals surface area contributed by atoms with E-state index in [1.807, 2.05) is 0 Å². The third-order valence-electron chi connectivity index (χ3n) is 1.99. The molecule has 1 aromatic heterocycles. The fraction of sp³-hybridized carbons (Fsp3) is 0.625. The van der Waals surface area contributed by atoms with Crippen LogP contribution in [0, 0.1) is 12.1 Å². The average molecular weight is 135 g/mol. The maximum atomic E-state index is 4.04. The quantitative estimate of drug-likeness (QED) is 0.669. The van der Waals surface area contributed by atoms with E-state index in [0.29, 0.717) is 0 Å². The molecule has 2 nitrogen and oxygen atoms in total. The highest BCUT2D eigenvalue weighted by Gasteiger charge is 2.20. The lowest BCUT2D eigenvalue weighted by molar-refractivity contribution is 0.703. The Labute approximate surface area is 60.7 Å². The predicted octanol–water partition coefficient (Wildman–Crippen LogP) is 1.55. The minimum absolute atomic E-state index is 1.00. The molecule has 1 saturated carbocycles. The first kappa shape index (κ1) is 5.96. The molecule has 0 saturated heterocycles. The number of nitrogens with one attached hydrogen (secondary N) is 1. The van der Waals surface area contributed by atoms with Gasteiger partial charge in [0.1, 0.15) is 12.0 Å². The summed E-state index contributed by atoms with van der Waals surface area (Å²) in [6.07, 6.45) is 9.82. The van der Waals surface area contributed by atoms with Gasteiger partial charge >= 0.3 is 0 Å². The molecule has 2 heteroatoms. The third kappa shape index (κ3) is 1.38. The first-order valence-corrected chi connectivity index (χ1v) is 3.85. The van der Waals surface area contributed by atoms with Crippen LogP contribution in [0.4, 0.5) is 0 Å². The minimum atomic E-state index is 1.00. The summed E-state index contributed by atoms with van der Waals surface area (Å²) < 4.78 is 0. The SMILES string of the molecule is [c]1c[nH]c(CCC2CC2)n1. The second kappa shape index (κ2) is 2.45. The molecule has 53 valence electrons. The van der Waals surface area contributed by atoms with Crippen LogP contribution in [-0.2, 0) is 6.42 Å². The highest BCUT2D eigenvalue weighted by atomic mass is 14.9. The molecule has 1 aromatic rings. The van der Waals surface area contributed by atoms with Crippen molar-refractivity contribution in [3.05, 3.63) is 18.2 Å². The number of aromatic nitrogens is 2. The van der Waals surface area contributed by atoms with E-state index in [0.717, 1.165) is 18.2 Å². The van der Waals surface area contributed by atoms with Gasteiger partial charge in [-0.3, -0.25) is 0 Å². The number of H-pyrrole nitrogens is 1. The summed E-state index contributed by atoms with van der Waals surface area (Å²) >= 11 is 0. The predicted molar refractivity (Wildman–Crippen MR) is 38.5 cm³/mol. The second-order valence-corrected chi connectivity index (χ2v) is 2.96. The monoisotopic (exact) mass is 135 g/mol. The summed E-state index contributed by atoms with van der Waals surface area (Å²) in [5, 5.41) is 0. The van der Waals surface area contributed by atoms with Crippen LogP contribution in [0.15, 0.2) is 6.20 Å². The average Bonchev–Trinajstić information content (AvgIpc) is 2.63. The molecule has 1 N–H and O–H groups in total. The lowest BCUT2D eigenvalue weighted by Crippen LogP contribution is -1.88. The van der Waals surface area contributed by atoms with Gasteiger partial charge in [0, 0.05) is 12.6 Å². The van der Waals surface area contributed by atoms with Crippen molar-refractivity contribution >= 4 is 0 Å². The summed E-state index contributed by atoms with van der Waals surface area (Å²) in [6.45, 7) is 0. The molecule has 0 aliphatic heterocycles. The first-order chi connectivity index (χ1) is 4.95. The van der Waals surface area contributed by atoms with Gasteiger partial charge < -0.3 is 4.98 Å². The molecule has 1 radical (unpaired) electrons. The Morgan fingerprint density at radius 3 is 3.20 bits per heavy atom. The van der Waals surface area contributed by atoms with Crippen LogP contribution < -0.4 is 0 Å². The minimum Gasteiger partial charge on any atom is -0.348 e. The Hall–Kier alpha value is -0.790. The standard InChI is InChI=1S/C8H11N2/c1-2-7(1)3-4-8-9-5-6-10-8/h5,7H,1-4H2,(H,9,10). The number of hydrogen-bond donors (Lipinski definition) is 1. The van der Waals surface area contributed by atoms with Crippen molar-refractivity contribution in [2.45, 2.75) is 25.7 Å². The van der Waals surface area contributed by atoms with Crippen molar-refractivity contribution < 1.29 is 0 Å². The molecule has 1 heterocycles. The number of aryl methyl sites for hydroxylation is 1. The van der Waals surface area contributed by atoms with Crippen molar-refractivity contribution in [2.24, 2.45) is 5.92 Å². The maximum absolute atomic E-state index is 4.04. The highest BCUT2D eigenvalue weighted by molar-refractivity contribution is 4.87. The summed E-state index contributed by atoms with van der Waals surface area (Å²) in [5.74, 6) is 2.09. The van der Waals surface area contributed by atoms with Crippen LogP contribution in [0.1, 0.15) is 25.1 Å². The number of rotatable bonds is 3. The van der Waals surface area contributed by atoms with Crippen LogP contribution in [0.3, 0.4) is 0 Å². The van der Waals surface area contributed by atoms with Gasteiger partial charge in [-0.1, -0.05) is 12.8 Å². The normalized spacial score (nSPS) is 17.6. The van der Waals surface area contributed by atoms with Gasteiger partial charge in [-0.15, -0.1) is 0 Å². The van der Waals surface area contributed by atoms with E-state index in [4.69, 9.17) is 0 Å². The van der Waals surface area contributed by atoms with E-state index in [1.54, 1.807) is 6.20 Å². The Balaban J connectivity index is 1.79. The van der Waals surface area contributed by atoms with Crippen molar-refractivity contribution in [1.29, 1.82) is 0 Å². The molecule has 0 atom stereocenters. The van der Waals surface area contributed by atoms with Crippen LogP contribution in [0.2, 0.25) is 0 Å². The van der Waals surface area contributed by atoms with Crippen molar-refractivity contribution in [2.75, 3.05) is 0 Å². The lowest BCUT2D eigenvalue weighted by Gasteiger charge is -1.92. The summed E-state index contributed by atoms with van der Waals surface area (Å²) in [5.41, 5.74) is 0. The van der Waals surface area contributed by atoms with Crippen LogP contribution in [-0.4, -0.2) is 9.97 Å². The van der Waals surface area contributed by atoms with E-state index < -0.39 is 0 Å². The van der Waals surface area contributed by atoms with Gasteiger partial charge in [0.2, 0.25) is 0 Å². The molecule has 10 heavy (non-hydrogen) atoms. The Morgan fingerprint density at radius 2 is 2.60 bits per heavy atom. The molecule has 0 unspecified atom stereocenters. The highest BCUT2D eigenvalue weighted by Crippen LogP contribution is 2.32. The van der Waals surface area contributed by atoms with Gasteiger partial charge in [-0.05, 0) is 12.3 Å². The van der Waals surface area contributed by atoms with Crippen LogP contribution in [0.25, 0.3) is 0 Å². The summed E-state index contributed by atoms with van der Waals surface area (Å²) in [4.78, 5) is 7.09. The Bertz CT molecular complexity index is 187. The maximum Gasteiger partial charge on any atom is 0.108 e. The second-order valence-electron chi connectivity index (χ2n) is 2.96. The molecule has 0 bridgehead atoms. The zero-order valence-corrected chi connectivity index (χ0v) is 5.93. The number of hydrogen-bond acceptors (Lipinski definition) is 1. The molecular formula is C8H11N2. The Morgan fingerprint density at radius 1 is 1.70 bits per heavy atom. The van der Waals surface area contributed by atoms with Gasteiger partial charge in [0.25, 0.3) is 0 Å². The molecule has 1 aliphatic carbocycles. The van der Waals surface area contributed by atoms with Crippen LogP contribution >= 0.6 is 0 Å². The Kier molecular flexibility index (Phi) is 1.46. The number of nitrogens with zero attached hydrogens (tertiary/aromatic N) is 1. The van der Waals surface area contributed by atoms with E-state index in [9.17, 15) is 0 Å². The van der Waals surface area contributed by atoms with E-state index in [-0.39, 0.29) is 0 Å². The lowest BCUT2D eigenvalue weighted by atomic mass is 10.2. The van der Waals surface area contributed by atoms with E-state index in [2.05, 4.69) is 16.2 Å². The third-order valence-corrected chi connectivity index (χ3v) is 1.99. The fourth-order valence-electron chi connectivity index (χ4n) is 1.13. The molecule has 1 fully saturated rings. The molecule has 2 rings (SSSR count). The smallest absolute Gasteiger partial charge is 0.108 e. The van der Waals surface area contributed by atoms with Gasteiger partial charge in [0.15, 0.2) is 0 Å². The van der Waals surface area contributed by atoms with Crippen molar-refractivity contribution in [1.82, 2.24) is 9.97 Å². The largest absolute Gasteiger partial charge is 0.348 e. The molecular weight excluding hydrogens is 124 g/mol. The van der Waals surface area contributed by atoms with Crippen LogP contribution in [0.5, 0.6) is 0 Å². The topological polar surface area (TPSA) is 28.7 Å². The summed E-state index contributed by atoms with van der Waals surface area (Å²) in [7, 11) is 0. The molecule has 0 spiro atoms. The summed E-state index contributed by atoms with van der Waals surface area (Å²) in [6, 6.07) is 0.